The van der Waals surface area contributed by atoms with E-state index in [9.17, 15) is 9.90 Å². The minimum Gasteiger partial charge on any atom is -0.493 e. The number of anilines is 1. The first-order valence-electron chi connectivity index (χ1n) is 6.62. The lowest BCUT2D eigenvalue weighted by Crippen LogP contribution is -2.38. The molecule has 1 aliphatic rings. The normalized spacial score (nSPS) is 18.6. The highest BCUT2D eigenvalue weighted by Gasteiger charge is 2.31. The molecule has 1 heterocycles. The molecule has 1 aliphatic heterocycles. The minimum absolute atomic E-state index is 0.0115. The van der Waals surface area contributed by atoms with Gasteiger partial charge in [-0.25, -0.2) is 0 Å². The monoisotopic (exact) mass is 264 g/mol. The smallest absolute Gasteiger partial charge is 0.260 e. The number of rotatable bonds is 4. The SMILES string of the molecule is CCOc1cccc(N)c1C(=O)N1CCC[C@@H]1CO. The number of carbonyl (C=O) groups is 1. The van der Waals surface area contributed by atoms with Crippen molar-refractivity contribution in [3.05, 3.63) is 23.8 Å². The summed E-state index contributed by atoms with van der Waals surface area (Å²) in [4.78, 5) is 14.3. The molecule has 1 atom stereocenters. The van der Waals surface area contributed by atoms with Crippen LogP contribution in [0.25, 0.3) is 0 Å². The molecule has 104 valence electrons. The molecule has 19 heavy (non-hydrogen) atoms. The van der Waals surface area contributed by atoms with Crippen molar-refractivity contribution in [3.63, 3.8) is 0 Å². The average molecular weight is 264 g/mol. The molecule has 0 unspecified atom stereocenters. The summed E-state index contributed by atoms with van der Waals surface area (Å²) in [7, 11) is 0. The lowest BCUT2D eigenvalue weighted by Gasteiger charge is -2.24. The van der Waals surface area contributed by atoms with Crippen LogP contribution in [0.1, 0.15) is 30.1 Å². The molecule has 5 heteroatoms. The Morgan fingerprint density at radius 1 is 1.58 bits per heavy atom. The van der Waals surface area contributed by atoms with Gasteiger partial charge in [0.05, 0.1) is 19.3 Å². The second kappa shape index (κ2) is 5.93. The van der Waals surface area contributed by atoms with Gasteiger partial charge in [0, 0.05) is 12.2 Å². The summed E-state index contributed by atoms with van der Waals surface area (Å²) in [5, 5.41) is 9.32. The summed E-state index contributed by atoms with van der Waals surface area (Å²) < 4.78 is 5.48. The van der Waals surface area contributed by atoms with Crippen LogP contribution in [0.5, 0.6) is 5.75 Å². The largest absolute Gasteiger partial charge is 0.493 e. The van der Waals surface area contributed by atoms with Gasteiger partial charge in [-0.1, -0.05) is 6.07 Å². The molecular formula is C14H20N2O3. The predicted octanol–water partition coefficient (Wildman–Crippen LogP) is 1.26. The number of hydrogen-bond acceptors (Lipinski definition) is 4. The van der Waals surface area contributed by atoms with E-state index in [1.807, 2.05) is 6.92 Å². The standard InChI is InChI=1S/C14H20N2O3/c1-2-19-12-7-3-6-11(15)13(12)14(18)16-8-4-5-10(16)9-17/h3,6-7,10,17H,2,4-5,8-9,15H2,1H3/t10-/m1/s1. The Labute approximate surface area is 113 Å². The van der Waals surface area contributed by atoms with Crippen LogP contribution in [0.15, 0.2) is 18.2 Å². The Bertz CT molecular complexity index is 462. The van der Waals surface area contributed by atoms with Crippen LogP contribution in [-0.2, 0) is 0 Å². The fourth-order valence-corrected chi connectivity index (χ4v) is 2.49. The number of nitrogen functional groups attached to an aromatic ring is 1. The Morgan fingerprint density at radius 3 is 3.05 bits per heavy atom. The Balaban J connectivity index is 2.32. The van der Waals surface area contributed by atoms with Gasteiger partial charge in [0.1, 0.15) is 11.3 Å². The molecule has 2 rings (SSSR count). The topological polar surface area (TPSA) is 75.8 Å². The zero-order chi connectivity index (χ0) is 13.8. The van der Waals surface area contributed by atoms with E-state index < -0.39 is 0 Å². The molecular weight excluding hydrogens is 244 g/mol. The van der Waals surface area contributed by atoms with Crippen molar-refractivity contribution in [3.8, 4) is 5.75 Å². The van der Waals surface area contributed by atoms with E-state index >= 15 is 0 Å². The minimum atomic E-state index is -0.155. The van der Waals surface area contributed by atoms with Gasteiger partial charge in [0.25, 0.3) is 5.91 Å². The summed E-state index contributed by atoms with van der Waals surface area (Å²) in [6, 6.07) is 5.10. The molecule has 1 saturated heterocycles. The molecule has 5 nitrogen and oxygen atoms in total. The van der Waals surface area contributed by atoms with E-state index in [2.05, 4.69) is 0 Å². The maximum absolute atomic E-state index is 12.6. The molecule has 1 fully saturated rings. The van der Waals surface area contributed by atoms with E-state index in [1.165, 1.54) is 0 Å². The summed E-state index contributed by atoms with van der Waals surface area (Å²) in [6.07, 6.45) is 1.74. The number of nitrogens with two attached hydrogens (primary N) is 1. The van der Waals surface area contributed by atoms with Crippen molar-refractivity contribution in [1.82, 2.24) is 4.90 Å². The average Bonchev–Trinajstić information content (AvgIpc) is 2.87. The van der Waals surface area contributed by atoms with Gasteiger partial charge in [0.15, 0.2) is 0 Å². The fourth-order valence-electron chi connectivity index (χ4n) is 2.49. The number of likely N-dealkylation sites (tertiary alicyclic amines) is 1. The lowest BCUT2D eigenvalue weighted by molar-refractivity contribution is 0.0674. The number of ether oxygens (including phenoxy) is 1. The van der Waals surface area contributed by atoms with Gasteiger partial charge in [-0.3, -0.25) is 4.79 Å². The van der Waals surface area contributed by atoms with Crippen LogP contribution in [0.4, 0.5) is 5.69 Å². The molecule has 3 N–H and O–H groups in total. The summed E-state index contributed by atoms with van der Waals surface area (Å²) in [5.74, 6) is 0.356. The van der Waals surface area contributed by atoms with E-state index in [1.54, 1.807) is 23.1 Å². The third-order valence-electron chi connectivity index (χ3n) is 3.42. The van der Waals surface area contributed by atoms with E-state index in [-0.39, 0.29) is 18.6 Å². The third kappa shape index (κ3) is 2.66. The molecule has 0 aliphatic carbocycles. The van der Waals surface area contributed by atoms with E-state index in [0.717, 1.165) is 12.8 Å². The summed E-state index contributed by atoms with van der Waals surface area (Å²) in [5.41, 5.74) is 6.74. The first-order valence-corrected chi connectivity index (χ1v) is 6.62. The van der Waals surface area contributed by atoms with Crippen molar-refractivity contribution < 1.29 is 14.6 Å². The van der Waals surface area contributed by atoms with Crippen molar-refractivity contribution in [1.29, 1.82) is 0 Å². The van der Waals surface area contributed by atoms with E-state index in [0.29, 0.717) is 30.2 Å². The van der Waals surface area contributed by atoms with Crippen LogP contribution in [0.3, 0.4) is 0 Å². The number of amides is 1. The molecule has 0 saturated carbocycles. The van der Waals surface area contributed by atoms with Gasteiger partial charge in [-0.15, -0.1) is 0 Å². The highest BCUT2D eigenvalue weighted by Crippen LogP contribution is 2.29. The number of benzene rings is 1. The van der Waals surface area contributed by atoms with Crippen LogP contribution in [-0.4, -0.2) is 41.7 Å². The summed E-state index contributed by atoms with van der Waals surface area (Å²) >= 11 is 0. The first-order chi connectivity index (χ1) is 9.19. The highest BCUT2D eigenvalue weighted by molar-refractivity contribution is 6.02. The maximum Gasteiger partial charge on any atom is 0.260 e. The molecule has 0 spiro atoms. The number of aliphatic hydroxyl groups excluding tert-OH is 1. The summed E-state index contributed by atoms with van der Waals surface area (Å²) in [6.45, 7) is 2.99. The third-order valence-corrected chi connectivity index (χ3v) is 3.42. The van der Waals surface area contributed by atoms with Crippen molar-refractivity contribution in [2.75, 3.05) is 25.5 Å². The Kier molecular flexibility index (Phi) is 4.27. The fraction of sp³-hybridized carbons (Fsp3) is 0.500. The van der Waals surface area contributed by atoms with Crippen molar-refractivity contribution in [2.45, 2.75) is 25.8 Å². The molecule has 0 radical (unpaired) electrons. The number of nitrogens with zero attached hydrogens (tertiary/aromatic N) is 1. The zero-order valence-corrected chi connectivity index (χ0v) is 11.1. The second-order valence-electron chi connectivity index (χ2n) is 4.63. The van der Waals surface area contributed by atoms with E-state index in [4.69, 9.17) is 10.5 Å². The van der Waals surface area contributed by atoms with Crippen LogP contribution in [0.2, 0.25) is 0 Å². The van der Waals surface area contributed by atoms with Crippen molar-refractivity contribution >= 4 is 11.6 Å². The van der Waals surface area contributed by atoms with Crippen LogP contribution in [0, 0.1) is 0 Å². The van der Waals surface area contributed by atoms with Gasteiger partial charge in [-0.05, 0) is 31.9 Å². The van der Waals surface area contributed by atoms with Gasteiger partial charge >= 0.3 is 0 Å². The second-order valence-corrected chi connectivity index (χ2v) is 4.63. The predicted molar refractivity (Wildman–Crippen MR) is 73.2 cm³/mol. The van der Waals surface area contributed by atoms with Crippen molar-refractivity contribution in [2.24, 2.45) is 0 Å². The molecule has 1 aromatic rings. The van der Waals surface area contributed by atoms with Crippen LogP contribution < -0.4 is 10.5 Å². The molecule has 0 aromatic heterocycles. The molecule has 0 bridgehead atoms. The highest BCUT2D eigenvalue weighted by atomic mass is 16.5. The Morgan fingerprint density at radius 2 is 2.37 bits per heavy atom. The Hall–Kier alpha value is -1.75. The maximum atomic E-state index is 12.6. The van der Waals surface area contributed by atoms with Gasteiger partial charge < -0.3 is 20.5 Å². The molecule has 1 aromatic carbocycles. The van der Waals surface area contributed by atoms with Gasteiger partial charge in [-0.2, -0.15) is 0 Å². The molecule has 1 amide bonds. The number of aliphatic hydroxyl groups is 1. The van der Waals surface area contributed by atoms with Crippen LogP contribution >= 0.6 is 0 Å². The number of hydrogen-bond donors (Lipinski definition) is 2. The zero-order valence-electron chi connectivity index (χ0n) is 11.1. The lowest BCUT2D eigenvalue weighted by atomic mass is 10.1. The number of carbonyl (C=O) groups excluding carboxylic acids is 1. The first kappa shape index (κ1) is 13.7. The quantitative estimate of drug-likeness (QED) is 0.803. The van der Waals surface area contributed by atoms with Gasteiger partial charge in [0.2, 0.25) is 0 Å².